The van der Waals surface area contributed by atoms with E-state index in [1.807, 2.05) is 30.0 Å². The molecular formula is C25H35IN4O2. The first kappa shape index (κ1) is 26.0. The van der Waals surface area contributed by atoms with Crippen LogP contribution < -0.4 is 15.4 Å². The number of aryl methyl sites for hydroxylation is 1. The number of nitrogens with one attached hydrogen (secondary N) is 2. The van der Waals surface area contributed by atoms with Gasteiger partial charge in [0.2, 0.25) is 5.91 Å². The molecule has 0 saturated carbocycles. The van der Waals surface area contributed by atoms with Gasteiger partial charge in [-0.25, -0.2) is 4.99 Å². The number of amides is 1. The van der Waals surface area contributed by atoms with Crippen LogP contribution in [0.25, 0.3) is 0 Å². The number of halogens is 1. The van der Waals surface area contributed by atoms with Crippen LogP contribution in [0.15, 0.2) is 53.5 Å². The summed E-state index contributed by atoms with van der Waals surface area (Å²) in [4.78, 5) is 18.4. The lowest BCUT2D eigenvalue weighted by Crippen LogP contribution is -2.41. The van der Waals surface area contributed by atoms with E-state index >= 15 is 0 Å². The molecule has 1 atom stereocenters. The van der Waals surface area contributed by atoms with Crippen molar-refractivity contribution < 1.29 is 9.53 Å². The number of hydrogen-bond acceptors (Lipinski definition) is 3. The van der Waals surface area contributed by atoms with Crippen molar-refractivity contribution in [3.63, 3.8) is 0 Å². The Morgan fingerprint density at radius 2 is 1.91 bits per heavy atom. The van der Waals surface area contributed by atoms with Crippen LogP contribution in [0.1, 0.15) is 43.4 Å². The van der Waals surface area contributed by atoms with Gasteiger partial charge in [0.1, 0.15) is 11.9 Å². The van der Waals surface area contributed by atoms with Gasteiger partial charge >= 0.3 is 0 Å². The maximum Gasteiger partial charge on any atom is 0.222 e. The van der Waals surface area contributed by atoms with Crippen molar-refractivity contribution in [2.45, 2.75) is 52.8 Å². The quantitative estimate of drug-likeness (QED) is 0.278. The molecule has 1 saturated heterocycles. The fourth-order valence-corrected chi connectivity index (χ4v) is 3.56. The molecule has 2 aromatic carbocycles. The van der Waals surface area contributed by atoms with E-state index in [4.69, 9.17) is 9.73 Å². The molecule has 174 valence electrons. The molecule has 1 fully saturated rings. The maximum absolute atomic E-state index is 11.8. The first-order valence-electron chi connectivity index (χ1n) is 11.1. The van der Waals surface area contributed by atoms with E-state index in [-0.39, 0.29) is 36.0 Å². The fourth-order valence-electron chi connectivity index (χ4n) is 3.56. The first-order valence-corrected chi connectivity index (χ1v) is 11.1. The molecule has 6 nitrogen and oxygen atoms in total. The van der Waals surface area contributed by atoms with Crippen LogP contribution in [-0.4, -0.2) is 42.5 Å². The molecular weight excluding hydrogens is 515 g/mol. The summed E-state index contributed by atoms with van der Waals surface area (Å²) < 4.78 is 5.99. The van der Waals surface area contributed by atoms with E-state index in [0.717, 1.165) is 42.3 Å². The Kier molecular flexibility index (Phi) is 10.8. The van der Waals surface area contributed by atoms with Crippen molar-refractivity contribution in [3.05, 3.63) is 65.2 Å². The average molecular weight is 550 g/mol. The SMILES string of the molecule is CCNC(=NCc1ccc(CN2CCCC2=O)cc1)NCC(C)Oc1cccc(C)c1.I. The highest BCUT2D eigenvalue weighted by Gasteiger charge is 2.19. The van der Waals surface area contributed by atoms with Gasteiger partial charge in [-0.15, -0.1) is 24.0 Å². The standard InChI is InChI=1S/C25H34N4O2.HI/c1-4-26-25(27-16-20(3)31-23-8-5-7-19(2)15-23)28-17-21-10-12-22(13-11-21)18-29-14-6-9-24(29)30;/h5,7-8,10-13,15,20H,4,6,9,14,16-18H2,1-3H3,(H2,26,27,28);1H. The highest BCUT2D eigenvalue weighted by molar-refractivity contribution is 14.0. The van der Waals surface area contributed by atoms with Crippen molar-refractivity contribution in [1.82, 2.24) is 15.5 Å². The van der Waals surface area contributed by atoms with Crippen molar-refractivity contribution in [3.8, 4) is 5.75 Å². The van der Waals surface area contributed by atoms with Gasteiger partial charge in [0, 0.05) is 26.1 Å². The number of guanidine groups is 1. The lowest BCUT2D eigenvalue weighted by atomic mass is 10.1. The molecule has 1 aliphatic heterocycles. The van der Waals surface area contributed by atoms with Crippen molar-refractivity contribution in [2.75, 3.05) is 19.6 Å². The summed E-state index contributed by atoms with van der Waals surface area (Å²) in [5.41, 5.74) is 3.48. The highest BCUT2D eigenvalue weighted by atomic mass is 127. The molecule has 1 amide bonds. The molecule has 1 unspecified atom stereocenters. The Morgan fingerprint density at radius 3 is 2.56 bits per heavy atom. The lowest BCUT2D eigenvalue weighted by molar-refractivity contribution is -0.128. The largest absolute Gasteiger partial charge is 0.489 e. The van der Waals surface area contributed by atoms with Gasteiger partial charge in [-0.05, 0) is 56.0 Å². The van der Waals surface area contributed by atoms with E-state index in [1.165, 1.54) is 5.56 Å². The third kappa shape index (κ3) is 8.33. The van der Waals surface area contributed by atoms with Crippen molar-refractivity contribution in [1.29, 1.82) is 0 Å². The lowest BCUT2D eigenvalue weighted by Gasteiger charge is -2.18. The van der Waals surface area contributed by atoms with Gasteiger partial charge < -0.3 is 20.3 Å². The van der Waals surface area contributed by atoms with Gasteiger partial charge in [-0.3, -0.25) is 4.79 Å². The van der Waals surface area contributed by atoms with Crippen LogP contribution in [0.3, 0.4) is 0 Å². The molecule has 2 aromatic rings. The fraction of sp³-hybridized carbons (Fsp3) is 0.440. The molecule has 2 N–H and O–H groups in total. The van der Waals surface area contributed by atoms with Crippen LogP contribution in [-0.2, 0) is 17.9 Å². The molecule has 1 heterocycles. The van der Waals surface area contributed by atoms with Gasteiger partial charge in [-0.2, -0.15) is 0 Å². The zero-order chi connectivity index (χ0) is 22.1. The maximum atomic E-state index is 11.8. The second-order valence-corrected chi connectivity index (χ2v) is 8.06. The zero-order valence-corrected chi connectivity index (χ0v) is 21.6. The number of carbonyl (C=O) groups is 1. The number of benzene rings is 2. The summed E-state index contributed by atoms with van der Waals surface area (Å²) in [7, 11) is 0. The third-order valence-electron chi connectivity index (χ3n) is 5.22. The van der Waals surface area contributed by atoms with Crippen molar-refractivity contribution in [2.24, 2.45) is 4.99 Å². The summed E-state index contributed by atoms with van der Waals surface area (Å²) in [6.45, 7) is 9.76. The van der Waals surface area contributed by atoms with Gasteiger partial charge in [0.15, 0.2) is 5.96 Å². The monoisotopic (exact) mass is 550 g/mol. The van der Waals surface area contributed by atoms with Gasteiger partial charge in [-0.1, -0.05) is 36.4 Å². The highest BCUT2D eigenvalue weighted by Crippen LogP contribution is 2.15. The van der Waals surface area contributed by atoms with Crippen molar-refractivity contribution >= 4 is 35.8 Å². The summed E-state index contributed by atoms with van der Waals surface area (Å²) in [6.07, 6.45) is 1.67. The third-order valence-corrected chi connectivity index (χ3v) is 5.22. The zero-order valence-electron chi connectivity index (χ0n) is 19.3. The molecule has 3 rings (SSSR count). The summed E-state index contributed by atoms with van der Waals surface area (Å²) in [5.74, 6) is 1.91. The van der Waals surface area contributed by atoms with Gasteiger partial charge in [0.25, 0.3) is 0 Å². The molecule has 0 radical (unpaired) electrons. The van der Waals surface area contributed by atoms with Gasteiger partial charge in [0.05, 0.1) is 13.1 Å². The number of hydrogen-bond donors (Lipinski definition) is 2. The number of carbonyl (C=O) groups excluding carboxylic acids is 1. The summed E-state index contributed by atoms with van der Waals surface area (Å²) in [5, 5.41) is 6.64. The average Bonchev–Trinajstić information content (AvgIpc) is 3.15. The van der Waals surface area contributed by atoms with Crippen LogP contribution in [0.2, 0.25) is 0 Å². The molecule has 1 aliphatic rings. The smallest absolute Gasteiger partial charge is 0.222 e. The predicted octanol–water partition coefficient (Wildman–Crippen LogP) is 4.26. The second kappa shape index (κ2) is 13.3. The Hall–Kier alpha value is -2.29. The van der Waals surface area contributed by atoms with Crippen LogP contribution in [0.4, 0.5) is 0 Å². The Balaban J connectivity index is 0.00000363. The first-order chi connectivity index (χ1) is 15.0. The number of likely N-dealkylation sites (tertiary alicyclic amines) is 1. The van der Waals surface area contributed by atoms with E-state index in [9.17, 15) is 4.79 Å². The molecule has 0 aromatic heterocycles. The van der Waals surface area contributed by atoms with E-state index in [2.05, 4.69) is 54.8 Å². The molecule has 0 aliphatic carbocycles. The minimum atomic E-state index is 0. The van der Waals surface area contributed by atoms with Crippen LogP contribution in [0, 0.1) is 6.92 Å². The minimum absolute atomic E-state index is 0. The summed E-state index contributed by atoms with van der Waals surface area (Å²) in [6, 6.07) is 16.4. The number of aliphatic imine (C=N–C) groups is 1. The number of ether oxygens (including phenoxy) is 1. The topological polar surface area (TPSA) is 66.0 Å². The summed E-state index contributed by atoms with van der Waals surface area (Å²) >= 11 is 0. The van der Waals surface area contributed by atoms with Crippen LogP contribution >= 0.6 is 24.0 Å². The Bertz CT molecular complexity index is 886. The van der Waals surface area contributed by atoms with E-state index in [0.29, 0.717) is 26.1 Å². The van der Waals surface area contributed by atoms with Crippen LogP contribution in [0.5, 0.6) is 5.75 Å². The number of rotatable bonds is 9. The number of nitrogens with zero attached hydrogens (tertiary/aromatic N) is 2. The minimum Gasteiger partial charge on any atom is -0.489 e. The van der Waals surface area contributed by atoms with E-state index < -0.39 is 0 Å². The predicted molar refractivity (Wildman–Crippen MR) is 141 cm³/mol. The van der Waals surface area contributed by atoms with E-state index in [1.54, 1.807) is 0 Å². The molecule has 0 spiro atoms. The molecule has 32 heavy (non-hydrogen) atoms. The Morgan fingerprint density at radius 1 is 1.16 bits per heavy atom. The molecule has 0 bridgehead atoms. The Labute approximate surface area is 208 Å². The second-order valence-electron chi connectivity index (χ2n) is 8.06. The normalized spacial score (nSPS) is 14.7. The molecule has 7 heteroatoms.